The van der Waals surface area contributed by atoms with Gasteiger partial charge in [-0.05, 0) is 67.1 Å². The third-order valence-electron chi connectivity index (χ3n) is 8.94. The van der Waals surface area contributed by atoms with Crippen LogP contribution in [-0.2, 0) is 21.7 Å². The fourth-order valence-corrected chi connectivity index (χ4v) is 12.9. The topological polar surface area (TPSA) is 17.3 Å². The Labute approximate surface area is 226 Å². The van der Waals surface area contributed by atoms with E-state index in [2.05, 4.69) is 59.2 Å². The van der Waals surface area contributed by atoms with E-state index in [1.54, 1.807) is 6.42 Å². The first-order chi connectivity index (χ1) is 13.4. The van der Waals surface area contributed by atoms with Gasteiger partial charge in [-0.1, -0.05) is 80.3 Å². The van der Waals surface area contributed by atoms with Gasteiger partial charge in [-0.3, -0.25) is 0 Å². The van der Waals surface area contributed by atoms with Crippen LogP contribution in [0.4, 0.5) is 0 Å². The third kappa shape index (κ3) is 7.00. The van der Waals surface area contributed by atoms with Gasteiger partial charge in [0.25, 0.3) is 0 Å². The summed E-state index contributed by atoms with van der Waals surface area (Å²) in [6.07, 6.45) is 13.1. The van der Waals surface area contributed by atoms with E-state index in [4.69, 9.17) is 4.98 Å². The fourth-order valence-electron chi connectivity index (χ4n) is 8.97. The molecule has 1 heterocycles. The Morgan fingerprint density at radius 2 is 1.42 bits per heavy atom. The van der Waals surface area contributed by atoms with Crippen LogP contribution >= 0.6 is 0 Å². The number of nitrogens with zero attached hydrogens (tertiary/aromatic N) is 2. The van der Waals surface area contributed by atoms with Crippen molar-refractivity contribution in [2.24, 2.45) is 35.0 Å². The normalized spacial score (nSPS) is 36.2. The van der Waals surface area contributed by atoms with Crippen LogP contribution in [0.2, 0.25) is 13.1 Å². The Hall–Kier alpha value is 0.851. The molecule has 4 rings (SSSR count). The Balaban J connectivity index is 0.00000256. The van der Waals surface area contributed by atoms with E-state index < -0.39 is 8.40 Å². The first-order valence-electron chi connectivity index (χ1n) is 12.9. The molecule has 7 unspecified atom stereocenters. The molecule has 3 aliphatic carbocycles. The summed E-state index contributed by atoms with van der Waals surface area (Å²) in [4.78, 5) is 5.78. The Morgan fingerprint density at radius 1 is 0.818 bits per heavy atom. The van der Waals surface area contributed by atoms with E-state index in [1.807, 2.05) is 0 Å². The molecule has 192 valence electrons. The first-order valence-corrected chi connectivity index (χ1v) is 15.8. The molecule has 4 heteroatoms. The van der Waals surface area contributed by atoms with E-state index >= 15 is 0 Å². The number of hydrogen-bond donors (Lipinski definition) is 0. The molecule has 4 aliphatic rings. The molecular weight excluding hydrogens is 452 g/mol. The van der Waals surface area contributed by atoms with Crippen molar-refractivity contribution in [3.8, 4) is 0 Å². The molecule has 3 saturated carbocycles. The molecular formula is C29H58N2SiTi. The molecule has 1 saturated heterocycles. The minimum Gasteiger partial charge on any atom is -0.647 e. The molecule has 4 fully saturated rings. The molecule has 0 aromatic heterocycles. The van der Waals surface area contributed by atoms with Gasteiger partial charge in [0.15, 0.2) is 0 Å². The smallest absolute Gasteiger partial charge is 0.647 e. The molecule has 0 aromatic carbocycles. The van der Waals surface area contributed by atoms with Crippen LogP contribution in [0.5, 0.6) is 0 Å². The molecule has 0 N–H and O–H groups in total. The maximum atomic E-state index is 5.78. The predicted octanol–water partition coefficient (Wildman–Crippen LogP) is 8.94. The molecule has 0 amide bonds. The maximum Gasteiger partial charge on any atom is 4.00 e. The van der Waals surface area contributed by atoms with E-state index in [0.29, 0.717) is 5.41 Å². The minimum atomic E-state index is -1.84. The average Bonchev–Trinajstić information content (AvgIpc) is 3.06. The van der Waals surface area contributed by atoms with Gasteiger partial charge in [-0.2, -0.15) is 0 Å². The van der Waals surface area contributed by atoms with Crippen molar-refractivity contribution in [3.05, 3.63) is 27.3 Å². The van der Waals surface area contributed by atoms with Gasteiger partial charge in [0.1, 0.15) is 0 Å². The largest absolute Gasteiger partial charge is 4.00 e. The summed E-state index contributed by atoms with van der Waals surface area (Å²) in [5.74, 6) is 4.93. The van der Waals surface area contributed by atoms with Crippen molar-refractivity contribution in [1.29, 1.82) is 0 Å². The van der Waals surface area contributed by atoms with E-state index in [9.17, 15) is 0 Å². The van der Waals surface area contributed by atoms with E-state index in [1.165, 1.54) is 51.4 Å². The second kappa shape index (κ2) is 11.9. The monoisotopic (exact) mass is 510 g/mol. The van der Waals surface area contributed by atoms with Crippen LogP contribution in [0.25, 0.3) is 4.98 Å². The summed E-state index contributed by atoms with van der Waals surface area (Å²) < 4.78 is 3.16. The number of rotatable bonds is 4. The molecule has 33 heavy (non-hydrogen) atoms. The van der Waals surface area contributed by atoms with Gasteiger partial charge in [0, 0.05) is 20.5 Å². The molecule has 0 aromatic rings. The van der Waals surface area contributed by atoms with Crippen molar-refractivity contribution < 1.29 is 21.7 Å². The van der Waals surface area contributed by atoms with Crippen LogP contribution in [-0.4, -0.2) is 30.6 Å². The minimum absolute atomic E-state index is 0. The SMILES string of the molecule is CC1CCC2C(C1)C1CC3CCCCC3C1N2[Si](C)(C)[N-]C(C)(C)CC(C)(C)C.[CH3-].[CH3-].[CH3-].[Ti+4]. The predicted molar refractivity (Wildman–Crippen MR) is 148 cm³/mol. The summed E-state index contributed by atoms with van der Waals surface area (Å²) in [6.45, 7) is 19.7. The van der Waals surface area contributed by atoms with Crippen LogP contribution in [0, 0.1) is 57.3 Å². The summed E-state index contributed by atoms with van der Waals surface area (Å²) in [5, 5.41) is 0. The Morgan fingerprint density at radius 3 is 2.03 bits per heavy atom. The van der Waals surface area contributed by atoms with Crippen molar-refractivity contribution in [2.45, 2.75) is 130 Å². The summed E-state index contributed by atoms with van der Waals surface area (Å²) in [5.41, 5.74) is 0.434. The molecule has 0 bridgehead atoms. The summed E-state index contributed by atoms with van der Waals surface area (Å²) >= 11 is 0. The number of fused-ring (bicyclic) bond motifs is 5. The first kappa shape index (κ1) is 33.9. The molecule has 1 aliphatic heterocycles. The zero-order valence-corrected chi connectivity index (χ0v) is 26.9. The summed E-state index contributed by atoms with van der Waals surface area (Å²) in [7, 11) is -1.84. The fraction of sp³-hybridized carbons (Fsp3) is 0.897. The van der Waals surface area contributed by atoms with Crippen LogP contribution in [0.3, 0.4) is 0 Å². The standard InChI is InChI=1S/C26H49N2Si.3CH3.Ti/c1-18-13-14-23-21(15-18)22-16-19-11-9-10-12-20(19)24(22)28(23)29(7,8)27-26(5,6)17-25(2,3)4;;;;/h18-24H,9-17H2,1-8H3;3*1H3;/q4*-1;+4. The molecule has 0 radical (unpaired) electrons. The van der Waals surface area contributed by atoms with Crippen molar-refractivity contribution in [2.75, 3.05) is 0 Å². The number of hydrogen-bond acceptors (Lipinski definition) is 1. The van der Waals surface area contributed by atoms with Crippen molar-refractivity contribution >= 4 is 8.40 Å². The Bertz CT molecular complexity index is 599. The van der Waals surface area contributed by atoms with Crippen LogP contribution in [0.15, 0.2) is 0 Å². The third-order valence-corrected chi connectivity index (χ3v) is 12.0. The van der Waals surface area contributed by atoms with Gasteiger partial charge in [0.2, 0.25) is 0 Å². The van der Waals surface area contributed by atoms with Gasteiger partial charge < -0.3 is 31.8 Å². The van der Waals surface area contributed by atoms with Crippen molar-refractivity contribution in [3.63, 3.8) is 0 Å². The van der Waals surface area contributed by atoms with Gasteiger partial charge in [-0.15, -0.1) is 5.54 Å². The second-order valence-electron chi connectivity index (χ2n) is 13.8. The van der Waals surface area contributed by atoms with Gasteiger partial charge in [-0.25, -0.2) is 0 Å². The van der Waals surface area contributed by atoms with Crippen LogP contribution < -0.4 is 0 Å². The molecule has 2 nitrogen and oxygen atoms in total. The van der Waals surface area contributed by atoms with Crippen molar-refractivity contribution in [1.82, 2.24) is 4.57 Å². The molecule has 7 atom stereocenters. The molecule has 0 spiro atoms. The maximum absolute atomic E-state index is 5.78. The van der Waals surface area contributed by atoms with Gasteiger partial charge in [0.05, 0.1) is 0 Å². The van der Waals surface area contributed by atoms with Crippen LogP contribution in [0.1, 0.15) is 99.3 Å². The second-order valence-corrected chi connectivity index (χ2v) is 17.5. The average molecular weight is 511 g/mol. The van der Waals surface area contributed by atoms with Gasteiger partial charge >= 0.3 is 21.7 Å². The zero-order valence-electron chi connectivity index (χ0n) is 24.3. The summed E-state index contributed by atoms with van der Waals surface area (Å²) in [6, 6.07) is 1.72. The Kier molecular flexibility index (Phi) is 12.2. The van der Waals surface area contributed by atoms with E-state index in [-0.39, 0.29) is 49.5 Å². The quantitative estimate of drug-likeness (QED) is 0.272. The van der Waals surface area contributed by atoms with E-state index in [0.717, 1.165) is 41.7 Å². The zero-order chi connectivity index (χ0) is 21.2.